The Morgan fingerprint density at radius 1 is 1.10 bits per heavy atom. The average molecular weight is 399 g/mol. The Balaban J connectivity index is 1.95. The first-order valence-electron chi connectivity index (χ1n) is 9.59. The fourth-order valence-electron chi connectivity index (χ4n) is 2.66. The van der Waals surface area contributed by atoms with Crippen LogP contribution in [0.4, 0.5) is 0 Å². The smallest absolute Gasteiger partial charge is 0.253 e. The van der Waals surface area contributed by atoms with Crippen molar-refractivity contribution in [2.24, 2.45) is 4.99 Å². The van der Waals surface area contributed by atoms with Gasteiger partial charge < -0.3 is 25.4 Å². The van der Waals surface area contributed by atoms with E-state index < -0.39 is 6.10 Å². The maximum Gasteiger partial charge on any atom is 0.253 e. The van der Waals surface area contributed by atoms with E-state index in [0.717, 1.165) is 16.9 Å². The van der Waals surface area contributed by atoms with Gasteiger partial charge in [0.15, 0.2) is 5.96 Å². The molecule has 2 aromatic rings. The normalized spacial score (nSPS) is 12.2. The van der Waals surface area contributed by atoms with E-state index in [1.165, 1.54) is 0 Å². The molecule has 0 heterocycles. The molecule has 1 atom stereocenters. The number of guanidine groups is 1. The fourth-order valence-corrected chi connectivity index (χ4v) is 2.66. The van der Waals surface area contributed by atoms with Gasteiger partial charge in [0.25, 0.3) is 5.91 Å². The summed E-state index contributed by atoms with van der Waals surface area (Å²) in [6.45, 7) is 3.48. The lowest BCUT2D eigenvalue weighted by Gasteiger charge is -2.16. The number of hydrogen-bond acceptors (Lipinski definition) is 4. The van der Waals surface area contributed by atoms with E-state index in [1.54, 1.807) is 38.2 Å². The van der Waals surface area contributed by atoms with Crippen LogP contribution in [0.5, 0.6) is 5.75 Å². The van der Waals surface area contributed by atoms with Crippen molar-refractivity contribution in [3.8, 4) is 5.75 Å². The highest BCUT2D eigenvalue weighted by Crippen LogP contribution is 2.17. The minimum atomic E-state index is -0.666. The first-order valence-corrected chi connectivity index (χ1v) is 9.59. The number of hydrogen-bond donors (Lipinski definition) is 3. The summed E-state index contributed by atoms with van der Waals surface area (Å²) in [5, 5.41) is 16.7. The SMILES string of the molecule is CCNC(=NCc1ccc(C(=O)N(C)C)cc1)NCC(O)c1ccc(OC)cc1. The van der Waals surface area contributed by atoms with E-state index in [9.17, 15) is 9.90 Å². The van der Waals surface area contributed by atoms with Gasteiger partial charge in [0.1, 0.15) is 5.75 Å². The number of rotatable bonds is 8. The highest BCUT2D eigenvalue weighted by Gasteiger charge is 2.09. The van der Waals surface area contributed by atoms with Crippen molar-refractivity contribution in [2.75, 3.05) is 34.3 Å². The van der Waals surface area contributed by atoms with Crippen molar-refractivity contribution in [3.05, 3.63) is 65.2 Å². The lowest BCUT2D eigenvalue weighted by atomic mass is 10.1. The third kappa shape index (κ3) is 6.80. The second-order valence-corrected chi connectivity index (χ2v) is 6.76. The molecule has 0 saturated heterocycles. The molecule has 1 amide bonds. The molecule has 3 N–H and O–H groups in total. The largest absolute Gasteiger partial charge is 0.497 e. The van der Waals surface area contributed by atoms with Gasteiger partial charge in [-0.1, -0.05) is 24.3 Å². The summed E-state index contributed by atoms with van der Waals surface area (Å²) in [7, 11) is 5.07. The number of carbonyl (C=O) groups excluding carboxylic acids is 1. The molecule has 156 valence electrons. The number of nitrogens with zero attached hydrogens (tertiary/aromatic N) is 2. The van der Waals surface area contributed by atoms with Crippen LogP contribution in [0.3, 0.4) is 0 Å². The molecule has 0 aliphatic heterocycles. The third-order valence-corrected chi connectivity index (χ3v) is 4.33. The van der Waals surface area contributed by atoms with Gasteiger partial charge in [-0.15, -0.1) is 0 Å². The summed E-state index contributed by atoms with van der Waals surface area (Å²) in [4.78, 5) is 18.1. The molecule has 1 unspecified atom stereocenters. The van der Waals surface area contributed by atoms with Gasteiger partial charge in [-0.25, -0.2) is 4.99 Å². The van der Waals surface area contributed by atoms with Crippen molar-refractivity contribution in [2.45, 2.75) is 19.6 Å². The molecule has 0 aromatic heterocycles. The van der Waals surface area contributed by atoms with E-state index in [0.29, 0.717) is 31.2 Å². The fraction of sp³-hybridized carbons (Fsp3) is 0.364. The predicted octanol–water partition coefficient (Wildman–Crippen LogP) is 2.19. The van der Waals surface area contributed by atoms with Gasteiger partial charge in [0.2, 0.25) is 0 Å². The molecule has 0 aliphatic rings. The van der Waals surface area contributed by atoms with Crippen molar-refractivity contribution in [1.29, 1.82) is 0 Å². The molecule has 0 radical (unpaired) electrons. The number of nitrogens with one attached hydrogen (secondary N) is 2. The zero-order valence-electron chi connectivity index (χ0n) is 17.5. The molecule has 2 rings (SSSR count). The van der Waals surface area contributed by atoms with Crippen LogP contribution in [0, 0.1) is 0 Å². The van der Waals surface area contributed by atoms with Crippen molar-refractivity contribution in [1.82, 2.24) is 15.5 Å². The van der Waals surface area contributed by atoms with Crippen LogP contribution >= 0.6 is 0 Å². The van der Waals surface area contributed by atoms with Crippen molar-refractivity contribution < 1.29 is 14.6 Å². The number of methoxy groups -OCH3 is 1. The summed E-state index contributed by atoms with van der Waals surface area (Å²) in [5.41, 5.74) is 2.44. The van der Waals surface area contributed by atoms with Gasteiger partial charge in [-0.05, 0) is 42.3 Å². The quantitative estimate of drug-likeness (QED) is 0.469. The van der Waals surface area contributed by atoms with Crippen LogP contribution in [0.1, 0.15) is 34.5 Å². The number of ether oxygens (including phenoxy) is 1. The Morgan fingerprint density at radius 2 is 1.76 bits per heavy atom. The number of carbonyl (C=O) groups is 1. The number of benzene rings is 2. The number of aliphatic hydroxyl groups is 1. The molecular weight excluding hydrogens is 368 g/mol. The Labute approximate surface area is 172 Å². The summed E-state index contributed by atoms with van der Waals surface area (Å²) in [6.07, 6.45) is -0.666. The van der Waals surface area contributed by atoms with Crippen LogP contribution in [-0.2, 0) is 6.54 Å². The van der Waals surface area contributed by atoms with Crippen LogP contribution in [0.25, 0.3) is 0 Å². The summed E-state index contributed by atoms with van der Waals surface area (Å²) < 4.78 is 5.14. The second-order valence-electron chi connectivity index (χ2n) is 6.76. The minimum absolute atomic E-state index is 0.0254. The average Bonchev–Trinajstić information content (AvgIpc) is 2.75. The molecular formula is C22H30N4O3. The number of aliphatic hydroxyl groups excluding tert-OH is 1. The lowest BCUT2D eigenvalue weighted by molar-refractivity contribution is 0.0827. The topological polar surface area (TPSA) is 86.2 Å². The number of aliphatic imine (C=N–C) groups is 1. The molecule has 0 fully saturated rings. The zero-order chi connectivity index (χ0) is 21.2. The van der Waals surface area contributed by atoms with Crippen molar-refractivity contribution >= 4 is 11.9 Å². The van der Waals surface area contributed by atoms with Gasteiger partial charge in [0, 0.05) is 32.7 Å². The monoisotopic (exact) mass is 398 g/mol. The molecule has 0 aliphatic carbocycles. The van der Waals surface area contributed by atoms with E-state index in [-0.39, 0.29) is 5.91 Å². The van der Waals surface area contributed by atoms with E-state index >= 15 is 0 Å². The first-order chi connectivity index (χ1) is 13.9. The highest BCUT2D eigenvalue weighted by atomic mass is 16.5. The zero-order valence-corrected chi connectivity index (χ0v) is 17.5. The maximum absolute atomic E-state index is 12.0. The molecule has 2 aromatic carbocycles. The highest BCUT2D eigenvalue weighted by molar-refractivity contribution is 5.93. The molecule has 0 bridgehead atoms. The number of amides is 1. The third-order valence-electron chi connectivity index (χ3n) is 4.33. The molecule has 0 spiro atoms. The molecule has 0 saturated carbocycles. The van der Waals surface area contributed by atoms with E-state index in [2.05, 4.69) is 15.6 Å². The van der Waals surface area contributed by atoms with Crippen molar-refractivity contribution in [3.63, 3.8) is 0 Å². The standard InChI is InChI=1S/C22H30N4O3/c1-5-23-22(25-15-20(27)17-10-12-19(29-4)13-11-17)24-14-16-6-8-18(9-7-16)21(28)26(2)3/h6-13,20,27H,5,14-15H2,1-4H3,(H2,23,24,25). The van der Waals surface area contributed by atoms with E-state index in [4.69, 9.17) is 4.74 Å². The molecule has 29 heavy (non-hydrogen) atoms. The van der Waals surface area contributed by atoms with Crippen LogP contribution in [-0.4, -0.2) is 56.2 Å². The van der Waals surface area contributed by atoms with Gasteiger partial charge in [0.05, 0.1) is 19.8 Å². The molecule has 7 heteroatoms. The summed E-state index contributed by atoms with van der Waals surface area (Å²) >= 11 is 0. The maximum atomic E-state index is 12.0. The first kappa shape index (κ1) is 22.2. The van der Waals surface area contributed by atoms with Gasteiger partial charge in [-0.3, -0.25) is 4.79 Å². The van der Waals surface area contributed by atoms with Gasteiger partial charge in [-0.2, -0.15) is 0 Å². The Bertz CT molecular complexity index is 802. The molecule has 7 nitrogen and oxygen atoms in total. The predicted molar refractivity (Wildman–Crippen MR) is 115 cm³/mol. The van der Waals surface area contributed by atoms with Crippen LogP contribution in [0.2, 0.25) is 0 Å². The lowest BCUT2D eigenvalue weighted by Crippen LogP contribution is -2.39. The van der Waals surface area contributed by atoms with E-state index in [1.807, 2.05) is 43.3 Å². The Hall–Kier alpha value is -3.06. The van der Waals surface area contributed by atoms with Gasteiger partial charge >= 0.3 is 0 Å². The van der Waals surface area contributed by atoms with Crippen LogP contribution in [0.15, 0.2) is 53.5 Å². The summed E-state index contributed by atoms with van der Waals surface area (Å²) in [6, 6.07) is 14.7. The van der Waals surface area contributed by atoms with Crippen LogP contribution < -0.4 is 15.4 Å². The Kier molecular flexibility index (Phi) is 8.48. The summed E-state index contributed by atoms with van der Waals surface area (Å²) in [5.74, 6) is 1.35. The Morgan fingerprint density at radius 3 is 2.31 bits per heavy atom. The second kappa shape index (κ2) is 11.1. The minimum Gasteiger partial charge on any atom is -0.497 e.